The minimum Gasteiger partial charge on any atom is -0.308 e. The molecule has 118 valence electrons. The van der Waals surface area contributed by atoms with Gasteiger partial charge in [0.05, 0.1) is 0 Å². The number of hydrogen-bond donors (Lipinski definition) is 1. The third kappa shape index (κ3) is 5.44. The predicted molar refractivity (Wildman–Crippen MR) is 91.4 cm³/mol. The van der Waals surface area contributed by atoms with Crippen molar-refractivity contribution in [3.05, 3.63) is 35.4 Å². The Bertz CT molecular complexity index is 416. The summed E-state index contributed by atoms with van der Waals surface area (Å²) in [6.07, 6.45) is 5.44. The lowest BCUT2D eigenvalue weighted by molar-refractivity contribution is 0.136. The number of piperidine rings is 1. The van der Waals surface area contributed by atoms with Crippen molar-refractivity contribution in [3.8, 4) is 0 Å². The Kier molecular flexibility index (Phi) is 5.83. The first kappa shape index (κ1) is 16.5. The average molecular weight is 288 g/mol. The molecule has 0 bridgehead atoms. The van der Waals surface area contributed by atoms with Gasteiger partial charge in [0.1, 0.15) is 0 Å². The maximum Gasteiger partial charge on any atom is 0.0236 e. The van der Waals surface area contributed by atoms with E-state index in [9.17, 15) is 0 Å². The molecule has 1 N–H and O–H groups in total. The molecular weight excluding hydrogens is 256 g/mol. The fourth-order valence-electron chi connectivity index (χ4n) is 3.09. The van der Waals surface area contributed by atoms with E-state index >= 15 is 0 Å². The van der Waals surface area contributed by atoms with Crippen LogP contribution in [0.25, 0.3) is 0 Å². The Morgan fingerprint density at radius 1 is 1.10 bits per heavy atom. The fourth-order valence-corrected chi connectivity index (χ4v) is 3.09. The second kappa shape index (κ2) is 7.42. The molecule has 2 nitrogen and oxygen atoms in total. The van der Waals surface area contributed by atoms with Crippen molar-refractivity contribution in [2.24, 2.45) is 0 Å². The second-order valence-corrected chi connectivity index (χ2v) is 7.45. The molecule has 0 saturated carbocycles. The quantitative estimate of drug-likeness (QED) is 0.867. The topological polar surface area (TPSA) is 15.3 Å². The summed E-state index contributed by atoms with van der Waals surface area (Å²) in [5.74, 6) is 0. The lowest BCUT2D eigenvalue weighted by atomic mass is 9.99. The van der Waals surface area contributed by atoms with E-state index in [4.69, 9.17) is 0 Å². The van der Waals surface area contributed by atoms with E-state index in [0.29, 0.717) is 0 Å². The number of rotatable bonds is 5. The standard InChI is InChI=1S/C19H32N2/c1-5-18-8-6-7-13-21(18)15-17-11-9-16(10-12-17)14-20-19(2,3)4/h9-12,18,20H,5-8,13-15H2,1-4H3. The summed E-state index contributed by atoms with van der Waals surface area (Å²) in [7, 11) is 0. The highest BCUT2D eigenvalue weighted by Gasteiger charge is 2.20. The molecule has 0 amide bonds. The van der Waals surface area contributed by atoms with E-state index < -0.39 is 0 Å². The number of nitrogens with one attached hydrogen (secondary N) is 1. The van der Waals surface area contributed by atoms with E-state index in [1.807, 2.05) is 0 Å². The summed E-state index contributed by atoms with van der Waals surface area (Å²) >= 11 is 0. The van der Waals surface area contributed by atoms with E-state index in [1.54, 1.807) is 0 Å². The molecule has 1 aliphatic rings. The monoisotopic (exact) mass is 288 g/mol. The van der Waals surface area contributed by atoms with Crippen molar-refractivity contribution in [2.75, 3.05) is 6.54 Å². The molecule has 1 unspecified atom stereocenters. The Balaban J connectivity index is 1.89. The van der Waals surface area contributed by atoms with Gasteiger partial charge in [0, 0.05) is 24.7 Å². The van der Waals surface area contributed by atoms with E-state index in [2.05, 4.69) is 62.2 Å². The van der Waals surface area contributed by atoms with Crippen LogP contribution in [0.5, 0.6) is 0 Å². The van der Waals surface area contributed by atoms with Gasteiger partial charge in [0.2, 0.25) is 0 Å². The molecule has 0 aliphatic carbocycles. The van der Waals surface area contributed by atoms with E-state index in [-0.39, 0.29) is 5.54 Å². The van der Waals surface area contributed by atoms with E-state index in [1.165, 1.54) is 43.4 Å². The molecule has 1 aromatic rings. The van der Waals surface area contributed by atoms with Crippen LogP contribution in [-0.4, -0.2) is 23.0 Å². The molecule has 1 saturated heterocycles. The van der Waals surface area contributed by atoms with E-state index in [0.717, 1.165) is 19.1 Å². The highest BCUT2D eigenvalue weighted by atomic mass is 15.2. The first-order chi connectivity index (χ1) is 9.98. The third-order valence-electron chi connectivity index (χ3n) is 4.45. The number of hydrogen-bond acceptors (Lipinski definition) is 2. The molecule has 1 atom stereocenters. The zero-order valence-corrected chi connectivity index (χ0v) is 14.3. The Morgan fingerprint density at radius 3 is 2.38 bits per heavy atom. The summed E-state index contributed by atoms with van der Waals surface area (Å²) in [4.78, 5) is 2.67. The van der Waals surface area contributed by atoms with Gasteiger partial charge in [0.15, 0.2) is 0 Å². The molecule has 21 heavy (non-hydrogen) atoms. The Labute approximate surface area is 130 Å². The van der Waals surface area contributed by atoms with Gasteiger partial charge in [0.25, 0.3) is 0 Å². The van der Waals surface area contributed by atoms with Gasteiger partial charge in [-0.2, -0.15) is 0 Å². The molecular formula is C19H32N2. The SMILES string of the molecule is CCC1CCCCN1Cc1ccc(CNC(C)(C)C)cc1. The van der Waals surface area contributed by atoms with Crippen LogP contribution in [0, 0.1) is 0 Å². The number of nitrogens with zero attached hydrogens (tertiary/aromatic N) is 1. The van der Waals surface area contributed by atoms with Gasteiger partial charge in [-0.3, -0.25) is 4.90 Å². The zero-order chi connectivity index (χ0) is 15.3. The molecule has 0 spiro atoms. The molecule has 1 aliphatic heterocycles. The van der Waals surface area contributed by atoms with Crippen LogP contribution in [0.15, 0.2) is 24.3 Å². The number of likely N-dealkylation sites (tertiary alicyclic amines) is 1. The van der Waals surface area contributed by atoms with Crippen molar-refractivity contribution in [1.82, 2.24) is 10.2 Å². The summed E-state index contributed by atoms with van der Waals surface area (Å²) in [5, 5.41) is 3.54. The summed E-state index contributed by atoms with van der Waals surface area (Å²) in [6.45, 7) is 12.3. The lowest BCUT2D eigenvalue weighted by Gasteiger charge is -2.35. The molecule has 2 rings (SSSR count). The van der Waals surface area contributed by atoms with Crippen molar-refractivity contribution >= 4 is 0 Å². The smallest absolute Gasteiger partial charge is 0.0236 e. The average Bonchev–Trinajstić information content (AvgIpc) is 2.46. The van der Waals surface area contributed by atoms with Gasteiger partial charge in [-0.25, -0.2) is 0 Å². The van der Waals surface area contributed by atoms with Crippen LogP contribution in [0.2, 0.25) is 0 Å². The summed E-state index contributed by atoms with van der Waals surface area (Å²) < 4.78 is 0. The molecule has 2 heteroatoms. The summed E-state index contributed by atoms with van der Waals surface area (Å²) in [5.41, 5.74) is 3.01. The highest BCUT2D eigenvalue weighted by Crippen LogP contribution is 2.21. The molecule has 0 radical (unpaired) electrons. The Morgan fingerprint density at radius 2 is 1.76 bits per heavy atom. The van der Waals surface area contributed by atoms with Crippen molar-refractivity contribution < 1.29 is 0 Å². The van der Waals surface area contributed by atoms with Crippen LogP contribution in [0.1, 0.15) is 64.5 Å². The van der Waals surface area contributed by atoms with Crippen LogP contribution < -0.4 is 5.32 Å². The van der Waals surface area contributed by atoms with Crippen molar-refractivity contribution in [2.45, 2.75) is 78.0 Å². The van der Waals surface area contributed by atoms with Crippen LogP contribution in [0.4, 0.5) is 0 Å². The van der Waals surface area contributed by atoms with Crippen LogP contribution >= 0.6 is 0 Å². The first-order valence-corrected chi connectivity index (χ1v) is 8.55. The van der Waals surface area contributed by atoms with Gasteiger partial charge >= 0.3 is 0 Å². The van der Waals surface area contributed by atoms with Gasteiger partial charge in [-0.15, -0.1) is 0 Å². The normalized spacial score (nSPS) is 20.7. The van der Waals surface area contributed by atoms with Crippen molar-refractivity contribution in [1.29, 1.82) is 0 Å². The second-order valence-electron chi connectivity index (χ2n) is 7.45. The fraction of sp³-hybridized carbons (Fsp3) is 0.684. The van der Waals surface area contributed by atoms with Crippen LogP contribution in [-0.2, 0) is 13.1 Å². The zero-order valence-electron chi connectivity index (χ0n) is 14.3. The molecule has 1 aromatic carbocycles. The minimum atomic E-state index is 0.181. The highest BCUT2D eigenvalue weighted by molar-refractivity contribution is 5.22. The maximum absolute atomic E-state index is 3.54. The molecule has 0 aromatic heterocycles. The summed E-state index contributed by atoms with van der Waals surface area (Å²) in [6, 6.07) is 9.96. The molecule has 1 fully saturated rings. The van der Waals surface area contributed by atoms with Gasteiger partial charge in [-0.1, -0.05) is 37.6 Å². The minimum absolute atomic E-state index is 0.181. The predicted octanol–water partition coefficient (Wildman–Crippen LogP) is 4.34. The first-order valence-electron chi connectivity index (χ1n) is 8.55. The maximum atomic E-state index is 3.54. The Hall–Kier alpha value is -0.860. The molecule has 1 heterocycles. The van der Waals surface area contributed by atoms with Crippen LogP contribution in [0.3, 0.4) is 0 Å². The van der Waals surface area contributed by atoms with Gasteiger partial charge < -0.3 is 5.32 Å². The number of benzene rings is 1. The largest absolute Gasteiger partial charge is 0.308 e. The lowest BCUT2D eigenvalue weighted by Crippen LogP contribution is -2.38. The van der Waals surface area contributed by atoms with Gasteiger partial charge in [-0.05, 0) is 57.7 Å². The van der Waals surface area contributed by atoms with Crippen molar-refractivity contribution in [3.63, 3.8) is 0 Å². The third-order valence-corrected chi connectivity index (χ3v) is 4.45.